The SMILES string of the molecule is C=C=C(Cc1ccnc(N)n1)Nc1ccc(-c2cncc(OCC(F)(F)F)n2)cc1. The molecule has 0 aliphatic rings. The molecule has 154 valence electrons. The van der Waals surface area contributed by atoms with Crippen LogP contribution in [-0.4, -0.2) is 32.7 Å². The van der Waals surface area contributed by atoms with Crippen molar-refractivity contribution in [3.8, 4) is 17.1 Å². The van der Waals surface area contributed by atoms with E-state index in [4.69, 9.17) is 5.73 Å². The molecule has 3 rings (SSSR count). The van der Waals surface area contributed by atoms with Crippen LogP contribution in [0.2, 0.25) is 0 Å². The number of nitrogens with zero attached hydrogens (tertiary/aromatic N) is 4. The van der Waals surface area contributed by atoms with E-state index in [2.05, 4.69) is 42.3 Å². The summed E-state index contributed by atoms with van der Waals surface area (Å²) in [5.74, 6) is -0.0177. The van der Waals surface area contributed by atoms with Crippen LogP contribution in [0.3, 0.4) is 0 Å². The van der Waals surface area contributed by atoms with E-state index in [1.807, 2.05) is 0 Å². The van der Waals surface area contributed by atoms with Gasteiger partial charge in [-0.1, -0.05) is 18.7 Å². The van der Waals surface area contributed by atoms with E-state index in [1.165, 1.54) is 6.20 Å². The molecule has 0 radical (unpaired) electrons. The fraction of sp³-hybridized carbons (Fsp3) is 0.150. The zero-order valence-electron chi connectivity index (χ0n) is 15.6. The van der Waals surface area contributed by atoms with Gasteiger partial charge in [-0.2, -0.15) is 13.2 Å². The Morgan fingerprint density at radius 2 is 1.90 bits per heavy atom. The van der Waals surface area contributed by atoms with Gasteiger partial charge in [0.2, 0.25) is 11.8 Å². The van der Waals surface area contributed by atoms with Crippen molar-refractivity contribution in [1.82, 2.24) is 19.9 Å². The highest BCUT2D eigenvalue weighted by Gasteiger charge is 2.28. The molecule has 3 N–H and O–H groups in total. The number of hydrogen-bond acceptors (Lipinski definition) is 7. The minimum absolute atomic E-state index is 0.183. The fourth-order valence-electron chi connectivity index (χ4n) is 2.45. The third kappa shape index (κ3) is 6.05. The molecule has 0 amide bonds. The summed E-state index contributed by atoms with van der Waals surface area (Å²) in [6.07, 6.45) is 0.130. The zero-order chi connectivity index (χ0) is 21.6. The van der Waals surface area contributed by atoms with Crippen molar-refractivity contribution in [3.63, 3.8) is 0 Å². The first-order valence-electron chi connectivity index (χ1n) is 8.68. The first kappa shape index (κ1) is 20.8. The summed E-state index contributed by atoms with van der Waals surface area (Å²) >= 11 is 0. The van der Waals surface area contributed by atoms with Gasteiger partial charge in [0, 0.05) is 23.9 Å². The molecule has 0 aliphatic heterocycles. The molecule has 1 aromatic carbocycles. The molecule has 10 heteroatoms. The zero-order valence-corrected chi connectivity index (χ0v) is 15.6. The summed E-state index contributed by atoms with van der Waals surface area (Å²) in [5, 5.41) is 3.18. The van der Waals surface area contributed by atoms with Crippen LogP contribution >= 0.6 is 0 Å². The van der Waals surface area contributed by atoms with Gasteiger partial charge in [0.05, 0.1) is 29.5 Å². The third-order valence-corrected chi connectivity index (χ3v) is 3.78. The molecule has 0 saturated carbocycles. The lowest BCUT2D eigenvalue weighted by Crippen LogP contribution is -2.19. The number of nitrogens with one attached hydrogen (secondary N) is 1. The van der Waals surface area contributed by atoms with Gasteiger partial charge in [-0.3, -0.25) is 4.98 Å². The number of halogens is 3. The van der Waals surface area contributed by atoms with Gasteiger partial charge in [-0.05, 0) is 18.2 Å². The van der Waals surface area contributed by atoms with Crippen molar-refractivity contribution in [2.24, 2.45) is 0 Å². The number of anilines is 2. The lowest BCUT2D eigenvalue weighted by Gasteiger charge is -2.11. The topological polar surface area (TPSA) is 98.8 Å². The molecule has 0 spiro atoms. The normalized spacial score (nSPS) is 10.9. The van der Waals surface area contributed by atoms with E-state index in [0.717, 1.165) is 11.9 Å². The van der Waals surface area contributed by atoms with Crippen LogP contribution in [0.4, 0.5) is 24.8 Å². The van der Waals surface area contributed by atoms with E-state index in [1.54, 1.807) is 36.5 Å². The number of aromatic nitrogens is 4. The maximum absolute atomic E-state index is 12.3. The molecule has 0 unspecified atom stereocenters. The van der Waals surface area contributed by atoms with Gasteiger partial charge in [0.1, 0.15) is 0 Å². The molecule has 7 nitrogen and oxygen atoms in total. The average molecular weight is 414 g/mol. The second kappa shape index (κ2) is 9.06. The predicted octanol–water partition coefficient (Wildman–Crippen LogP) is 3.78. The van der Waals surface area contributed by atoms with Crippen molar-refractivity contribution in [2.75, 3.05) is 17.7 Å². The number of benzene rings is 1. The summed E-state index contributed by atoms with van der Waals surface area (Å²) in [5.41, 5.74) is 11.6. The smallest absolute Gasteiger partial charge is 0.422 e. The highest BCUT2D eigenvalue weighted by atomic mass is 19.4. The van der Waals surface area contributed by atoms with Crippen LogP contribution in [0.25, 0.3) is 11.3 Å². The first-order chi connectivity index (χ1) is 14.3. The number of nitrogens with two attached hydrogens (primary N) is 1. The van der Waals surface area contributed by atoms with Crippen LogP contribution in [0.5, 0.6) is 5.88 Å². The quantitative estimate of drug-likeness (QED) is 0.568. The van der Waals surface area contributed by atoms with Crippen molar-refractivity contribution in [2.45, 2.75) is 12.6 Å². The van der Waals surface area contributed by atoms with Crippen molar-refractivity contribution < 1.29 is 17.9 Å². The number of nitrogen functional groups attached to an aromatic ring is 1. The van der Waals surface area contributed by atoms with Crippen LogP contribution in [0.15, 0.2) is 66.9 Å². The summed E-state index contributed by atoms with van der Waals surface area (Å²) < 4.78 is 41.5. The van der Waals surface area contributed by atoms with Gasteiger partial charge in [0.25, 0.3) is 0 Å². The lowest BCUT2D eigenvalue weighted by atomic mass is 10.1. The number of rotatable bonds is 7. The second-order valence-corrected chi connectivity index (χ2v) is 6.09. The Hall–Kier alpha value is -3.91. The van der Waals surface area contributed by atoms with E-state index in [0.29, 0.717) is 29.1 Å². The highest BCUT2D eigenvalue weighted by Crippen LogP contribution is 2.23. The van der Waals surface area contributed by atoms with Crippen LogP contribution < -0.4 is 15.8 Å². The van der Waals surface area contributed by atoms with Crippen LogP contribution in [0.1, 0.15) is 5.69 Å². The van der Waals surface area contributed by atoms with E-state index in [9.17, 15) is 13.2 Å². The van der Waals surface area contributed by atoms with Crippen LogP contribution in [0, 0.1) is 0 Å². The minimum atomic E-state index is -4.45. The molecule has 30 heavy (non-hydrogen) atoms. The maximum atomic E-state index is 12.3. The minimum Gasteiger partial charge on any atom is -0.467 e. The first-order valence-corrected chi connectivity index (χ1v) is 8.68. The molecule has 0 saturated heterocycles. The Kier molecular flexibility index (Phi) is 6.29. The van der Waals surface area contributed by atoms with Gasteiger partial charge >= 0.3 is 6.18 Å². The molecule has 0 aliphatic carbocycles. The van der Waals surface area contributed by atoms with Gasteiger partial charge in [-0.25, -0.2) is 15.0 Å². The summed E-state index contributed by atoms with van der Waals surface area (Å²) in [6, 6.07) is 8.81. The van der Waals surface area contributed by atoms with Crippen LogP contribution in [-0.2, 0) is 6.42 Å². The van der Waals surface area contributed by atoms with E-state index >= 15 is 0 Å². The summed E-state index contributed by atoms with van der Waals surface area (Å²) in [7, 11) is 0. The fourth-order valence-corrected chi connectivity index (χ4v) is 2.45. The molecule has 2 aromatic heterocycles. The molecule has 0 atom stereocenters. The Morgan fingerprint density at radius 3 is 2.57 bits per heavy atom. The molecule has 0 fully saturated rings. The van der Waals surface area contributed by atoms with Crippen molar-refractivity contribution in [1.29, 1.82) is 0 Å². The Labute approximate surface area is 170 Å². The molecule has 2 heterocycles. The summed E-state index contributed by atoms with van der Waals surface area (Å²) in [6.45, 7) is 2.25. The molecular formula is C20H17F3N6O. The second-order valence-electron chi connectivity index (χ2n) is 6.09. The van der Waals surface area contributed by atoms with E-state index < -0.39 is 12.8 Å². The largest absolute Gasteiger partial charge is 0.467 e. The number of ether oxygens (including phenoxy) is 1. The lowest BCUT2D eigenvalue weighted by molar-refractivity contribution is -0.154. The highest BCUT2D eigenvalue weighted by molar-refractivity contribution is 5.63. The van der Waals surface area contributed by atoms with Crippen molar-refractivity contribution >= 4 is 11.6 Å². The number of alkyl halides is 3. The molecule has 3 aromatic rings. The Morgan fingerprint density at radius 1 is 1.13 bits per heavy atom. The summed E-state index contributed by atoms with van der Waals surface area (Å²) in [4.78, 5) is 15.9. The average Bonchev–Trinajstić information content (AvgIpc) is 2.72. The van der Waals surface area contributed by atoms with Crippen molar-refractivity contribution in [3.05, 3.63) is 72.6 Å². The monoisotopic (exact) mass is 414 g/mol. The Bertz CT molecular complexity index is 1060. The third-order valence-electron chi connectivity index (χ3n) is 3.78. The molecule has 0 bridgehead atoms. The number of hydrogen-bond donors (Lipinski definition) is 2. The van der Waals surface area contributed by atoms with Gasteiger partial charge in [0.15, 0.2) is 6.61 Å². The van der Waals surface area contributed by atoms with Gasteiger partial charge < -0.3 is 15.8 Å². The van der Waals surface area contributed by atoms with Gasteiger partial charge in [-0.15, -0.1) is 5.73 Å². The maximum Gasteiger partial charge on any atom is 0.422 e. The van der Waals surface area contributed by atoms with E-state index in [-0.39, 0.29) is 11.8 Å². The molecular weight excluding hydrogens is 397 g/mol. The Balaban J connectivity index is 1.68. The number of allylic oxidation sites excluding steroid dienone is 1. The predicted molar refractivity (Wildman–Crippen MR) is 105 cm³/mol. The standard InChI is InChI=1S/C20H17F3N6O/c1-2-14(9-16-7-8-26-19(24)28-16)27-15-5-3-13(4-6-15)17-10-25-11-18(29-17)30-12-20(21,22)23/h3-8,10-11,27H,1,9,12H2,(H2,24,26,28).